The summed E-state index contributed by atoms with van der Waals surface area (Å²) >= 11 is 0.653. The van der Waals surface area contributed by atoms with Crippen LogP contribution in [0.2, 0.25) is 0 Å². The number of rotatable bonds is 5. The van der Waals surface area contributed by atoms with Crippen LogP contribution >= 0.6 is 18.2 Å². The van der Waals surface area contributed by atoms with Gasteiger partial charge >= 0.3 is 13.0 Å². The van der Waals surface area contributed by atoms with Gasteiger partial charge in [0.05, 0.1) is 6.10 Å². The number of carbonyl (C=O) groups excluding carboxylic acids is 1. The Morgan fingerprint density at radius 3 is 2.27 bits per heavy atom. The Balaban J connectivity index is 3.99. The van der Waals surface area contributed by atoms with Crippen molar-refractivity contribution in [2.45, 2.75) is 33.2 Å². The number of ether oxygens (including phenoxy) is 2. The zero-order chi connectivity index (χ0) is 12.1. The van der Waals surface area contributed by atoms with Gasteiger partial charge in [-0.15, -0.1) is 0 Å². The van der Waals surface area contributed by atoms with Gasteiger partial charge < -0.3 is 14.4 Å². The van der Waals surface area contributed by atoms with Crippen molar-refractivity contribution in [3.05, 3.63) is 0 Å². The van der Waals surface area contributed by atoms with Crippen molar-refractivity contribution in [3.63, 3.8) is 0 Å². The quantitative estimate of drug-likeness (QED) is 0.460. The van der Waals surface area contributed by atoms with Crippen LogP contribution < -0.4 is 0 Å². The predicted molar refractivity (Wildman–Crippen MR) is 56.6 cm³/mol. The van der Waals surface area contributed by atoms with Gasteiger partial charge in [-0.3, -0.25) is 4.52 Å². The molecule has 0 radical (unpaired) electrons. The smallest absolute Gasteiger partial charge is 0.432 e. The normalized spacial score (nSPS) is 16.9. The summed E-state index contributed by atoms with van der Waals surface area (Å²) in [6, 6.07) is 0. The molecule has 0 fully saturated rings. The molecule has 6 nitrogen and oxygen atoms in total. The van der Waals surface area contributed by atoms with Gasteiger partial charge in [-0.1, -0.05) is 0 Å². The van der Waals surface area contributed by atoms with Gasteiger partial charge in [-0.25, -0.2) is 9.36 Å². The molecule has 1 N–H and O–H groups in total. The monoisotopic (exact) mass is 258 g/mol. The zero-order valence-corrected chi connectivity index (χ0v) is 10.7. The van der Waals surface area contributed by atoms with Crippen molar-refractivity contribution < 1.29 is 28.3 Å². The topological polar surface area (TPSA) is 82.1 Å². The molecule has 0 aromatic carbocycles. The maximum atomic E-state index is 11.1. The molecule has 0 aliphatic carbocycles. The standard InChI is InChI=1S/C7H15O6PS/c1-5(2)11-7(8)12-6(3)13-14(9,10)15-4/h5-6H,1-4H3,(H,9,10). The Labute approximate surface area is 92.6 Å². The van der Waals surface area contributed by atoms with E-state index >= 15 is 0 Å². The minimum Gasteiger partial charge on any atom is -0.432 e. The third-order valence-electron chi connectivity index (χ3n) is 1.11. The van der Waals surface area contributed by atoms with Crippen LogP contribution in [0.25, 0.3) is 0 Å². The van der Waals surface area contributed by atoms with E-state index in [2.05, 4.69) is 14.0 Å². The molecule has 0 aliphatic rings. The van der Waals surface area contributed by atoms with Gasteiger partial charge in [0.1, 0.15) is 0 Å². The highest BCUT2D eigenvalue weighted by atomic mass is 32.7. The first kappa shape index (κ1) is 14.8. The van der Waals surface area contributed by atoms with Crippen LogP contribution in [0.3, 0.4) is 0 Å². The third kappa shape index (κ3) is 7.67. The van der Waals surface area contributed by atoms with Gasteiger partial charge in [0.15, 0.2) is 0 Å². The summed E-state index contributed by atoms with van der Waals surface area (Å²) in [5.74, 6) is 0. The first-order valence-electron chi connectivity index (χ1n) is 4.21. The fourth-order valence-corrected chi connectivity index (χ4v) is 1.73. The molecular formula is C7H15O6PS. The van der Waals surface area contributed by atoms with Crippen LogP contribution in [-0.4, -0.2) is 29.7 Å². The zero-order valence-electron chi connectivity index (χ0n) is 9.00. The number of hydrogen-bond acceptors (Lipinski definition) is 6. The molecule has 0 rings (SSSR count). The second-order valence-electron chi connectivity index (χ2n) is 2.86. The molecule has 2 unspecified atom stereocenters. The largest absolute Gasteiger partial charge is 0.510 e. The first-order chi connectivity index (χ1) is 6.76. The average molecular weight is 258 g/mol. The van der Waals surface area contributed by atoms with Crippen molar-refractivity contribution in [2.75, 3.05) is 6.26 Å². The SMILES string of the molecule is CSP(=O)(O)OC(C)OC(=O)OC(C)C. The predicted octanol–water partition coefficient (Wildman–Crippen LogP) is 2.37. The van der Waals surface area contributed by atoms with Gasteiger partial charge in [0.25, 0.3) is 0 Å². The molecule has 8 heteroatoms. The minimum absolute atomic E-state index is 0.314. The highest BCUT2D eigenvalue weighted by molar-refractivity contribution is 8.54. The van der Waals surface area contributed by atoms with Crippen LogP contribution in [-0.2, 0) is 18.6 Å². The fourth-order valence-electron chi connectivity index (χ4n) is 0.608. The van der Waals surface area contributed by atoms with E-state index in [1.807, 2.05) is 0 Å². The van der Waals surface area contributed by atoms with Crippen LogP contribution in [0.1, 0.15) is 20.8 Å². The van der Waals surface area contributed by atoms with E-state index in [1.54, 1.807) is 13.8 Å². The summed E-state index contributed by atoms with van der Waals surface area (Å²) in [6.45, 7) is 0.915. The van der Waals surface area contributed by atoms with E-state index in [9.17, 15) is 9.36 Å². The Hall–Kier alpha value is -0.230. The maximum absolute atomic E-state index is 11.1. The Morgan fingerprint density at radius 2 is 1.87 bits per heavy atom. The molecule has 15 heavy (non-hydrogen) atoms. The highest BCUT2D eigenvalue weighted by Crippen LogP contribution is 2.54. The van der Waals surface area contributed by atoms with Crippen LogP contribution in [0.15, 0.2) is 0 Å². The third-order valence-corrected chi connectivity index (χ3v) is 3.77. The summed E-state index contributed by atoms with van der Waals surface area (Å²) < 4.78 is 24.9. The summed E-state index contributed by atoms with van der Waals surface area (Å²) in [7, 11) is 0. The average Bonchev–Trinajstić information content (AvgIpc) is 2.00. The van der Waals surface area contributed by atoms with Crippen molar-refractivity contribution in [3.8, 4) is 0 Å². The Kier molecular flexibility index (Phi) is 6.28. The summed E-state index contributed by atoms with van der Waals surface area (Å²) in [6.07, 6.45) is -0.954. The van der Waals surface area contributed by atoms with Gasteiger partial charge in [-0.2, -0.15) is 0 Å². The molecular weight excluding hydrogens is 243 g/mol. The second kappa shape index (κ2) is 6.37. The Morgan fingerprint density at radius 1 is 1.33 bits per heavy atom. The van der Waals surface area contributed by atoms with E-state index in [4.69, 9.17) is 4.89 Å². The molecule has 0 saturated heterocycles. The summed E-state index contributed by atoms with van der Waals surface area (Å²) in [5.41, 5.74) is 0. The van der Waals surface area contributed by atoms with Gasteiger partial charge in [0.2, 0.25) is 6.29 Å². The summed E-state index contributed by atoms with van der Waals surface area (Å²) in [5, 5.41) is 0. The number of carbonyl (C=O) groups is 1. The lowest BCUT2D eigenvalue weighted by Gasteiger charge is -2.16. The molecule has 0 amide bonds. The van der Waals surface area contributed by atoms with Crippen LogP contribution in [0.4, 0.5) is 4.79 Å². The molecule has 0 aromatic rings. The molecule has 0 aliphatic heterocycles. The molecule has 2 atom stereocenters. The van der Waals surface area contributed by atoms with Crippen molar-refractivity contribution >= 4 is 24.3 Å². The lowest BCUT2D eigenvalue weighted by molar-refractivity contribution is -0.0618. The van der Waals surface area contributed by atoms with E-state index in [1.165, 1.54) is 13.2 Å². The van der Waals surface area contributed by atoms with E-state index in [0.717, 1.165) is 0 Å². The summed E-state index contributed by atoms with van der Waals surface area (Å²) in [4.78, 5) is 20.0. The second-order valence-corrected chi connectivity index (χ2v) is 6.85. The van der Waals surface area contributed by atoms with Crippen molar-refractivity contribution in [2.24, 2.45) is 0 Å². The molecule has 90 valence electrons. The van der Waals surface area contributed by atoms with Crippen molar-refractivity contribution in [1.29, 1.82) is 0 Å². The maximum Gasteiger partial charge on any atom is 0.510 e. The molecule has 0 spiro atoms. The van der Waals surface area contributed by atoms with Crippen LogP contribution in [0.5, 0.6) is 0 Å². The first-order valence-corrected chi connectivity index (χ1v) is 7.61. The molecule has 0 aromatic heterocycles. The fraction of sp³-hybridized carbons (Fsp3) is 0.857. The highest BCUT2D eigenvalue weighted by Gasteiger charge is 2.24. The molecule has 0 saturated carbocycles. The van der Waals surface area contributed by atoms with Gasteiger partial charge in [0, 0.05) is 0 Å². The van der Waals surface area contributed by atoms with Crippen molar-refractivity contribution in [1.82, 2.24) is 0 Å². The van der Waals surface area contributed by atoms with Crippen LogP contribution in [0, 0.1) is 0 Å². The van der Waals surface area contributed by atoms with E-state index < -0.39 is 19.2 Å². The molecule has 0 bridgehead atoms. The number of hydrogen-bond donors (Lipinski definition) is 1. The molecule has 0 heterocycles. The lowest BCUT2D eigenvalue weighted by atomic mass is 10.5. The van der Waals surface area contributed by atoms with E-state index in [-0.39, 0.29) is 6.10 Å². The van der Waals surface area contributed by atoms with E-state index in [0.29, 0.717) is 11.4 Å². The minimum atomic E-state index is -3.74. The van der Waals surface area contributed by atoms with Gasteiger partial charge in [-0.05, 0) is 38.4 Å². The lowest BCUT2D eigenvalue weighted by Crippen LogP contribution is -2.20. The Bertz CT molecular complexity index is 256.